The maximum absolute atomic E-state index is 13.3. The van der Waals surface area contributed by atoms with Gasteiger partial charge < -0.3 is 30.3 Å². The molecular weight excluding hydrogens is 892 g/mol. The van der Waals surface area contributed by atoms with Crippen LogP contribution in [0.4, 0.5) is 21.5 Å². The molecule has 15 nitrogen and oxygen atoms in total. The van der Waals surface area contributed by atoms with E-state index in [2.05, 4.69) is 42.0 Å². The van der Waals surface area contributed by atoms with Crippen molar-refractivity contribution < 1.29 is 37.8 Å². The first-order valence-electron chi connectivity index (χ1n) is 24.6. The zero-order valence-electron chi connectivity index (χ0n) is 39.4. The topological polar surface area (TPSA) is 175 Å². The van der Waals surface area contributed by atoms with Crippen LogP contribution in [0.25, 0.3) is 10.9 Å². The van der Waals surface area contributed by atoms with Crippen molar-refractivity contribution in [1.29, 1.82) is 0 Å². The number of amides is 5. The molecule has 1 saturated carbocycles. The molecule has 10 rings (SSSR count). The van der Waals surface area contributed by atoms with Crippen molar-refractivity contribution in [1.82, 2.24) is 25.4 Å². The second-order valence-electron chi connectivity index (χ2n) is 19.5. The first-order chi connectivity index (χ1) is 34.0. The van der Waals surface area contributed by atoms with Crippen molar-refractivity contribution in [3.63, 3.8) is 0 Å². The quantitative estimate of drug-likeness (QED) is 0.0552. The van der Waals surface area contributed by atoms with Crippen molar-refractivity contribution in [2.45, 2.75) is 82.3 Å². The summed E-state index contributed by atoms with van der Waals surface area (Å²) in [4.78, 5) is 75.1. The lowest BCUT2D eigenvalue weighted by molar-refractivity contribution is -0.134. The number of rotatable bonds is 17. The summed E-state index contributed by atoms with van der Waals surface area (Å²) >= 11 is 0. The smallest absolute Gasteiger partial charge is 0.240 e. The summed E-state index contributed by atoms with van der Waals surface area (Å²) in [6.07, 6.45) is 8.16. The van der Waals surface area contributed by atoms with Crippen LogP contribution in [0, 0.1) is 17.2 Å². The van der Waals surface area contributed by atoms with E-state index in [-0.39, 0.29) is 29.5 Å². The highest BCUT2D eigenvalue weighted by atomic mass is 19.1. The molecule has 5 heterocycles. The molecule has 364 valence electrons. The van der Waals surface area contributed by atoms with E-state index in [9.17, 15) is 28.4 Å². The summed E-state index contributed by atoms with van der Waals surface area (Å²) in [7, 11) is 1.69. The number of pyridine rings is 1. The molecule has 1 unspecified atom stereocenters. The average molecular weight is 951 g/mol. The molecule has 4 N–H and O–H groups in total. The van der Waals surface area contributed by atoms with Gasteiger partial charge in [0.1, 0.15) is 28.5 Å². The predicted molar refractivity (Wildman–Crippen MR) is 263 cm³/mol. The van der Waals surface area contributed by atoms with Crippen molar-refractivity contribution in [3.05, 3.63) is 114 Å². The lowest BCUT2D eigenvalue weighted by Crippen LogP contribution is -2.49. The third-order valence-corrected chi connectivity index (χ3v) is 14.9. The van der Waals surface area contributed by atoms with Crippen LogP contribution in [0.1, 0.15) is 74.8 Å². The average Bonchev–Trinajstić information content (AvgIpc) is 3.98. The van der Waals surface area contributed by atoms with E-state index < -0.39 is 17.1 Å². The van der Waals surface area contributed by atoms with Gasteiger partial charge in [-0.3, -0.25) is 44.1 Å². The van der Waals surface area contributed by atoms with Crippen molar-refractivity contribution in [3.8, 4) is 17.2 Å². The number of piperazine rings is 1. The number of imide groups is 1. The Balaban J connectivity index is 0.657. The number of benzene rings is 4. The van der Waals surface area contributed by atoms with Gasteiger partial charge in [-0.05, 0) is 135 Å². The number of likely N-dealkylation sites (tertiary alicyclic amines) is 2. The lowest BCUT2D eigenvalue weighted by Gasteiger charge is -2.39. The number of carbonyl (C=O) groups excluding carboxylic acids is 5. The van der Waals surface area contributed by atoms with Crippen LogP contribution in [0.15, 0.2) is 97.2 Å². The molecule has 4 saturated heterocycles. The molecule has 16 heteroatoms. The molecule has 0 spiro atoms. The van der Waals surface area contributed by atoms with Gasteiger partial charge >= 0.3 is 0 Å². The molecule has 1 aliphatic carbocycles. The number of piperidine rings is 2. The number of nitrogens with one attached hydrogen (secondary N) is 4. The molecule has 3 atom stereocenters. The summed E-state index contributed by atoms with van der Waals surface area (Å²) in [5, 5.41) is 11.9. The summed E-state index contributed by atoms with van der Waals surface area (Å²) in [5.74, 6) is 0.626. The molecule has 2 bridgehead atoms. The third-order valence-electron chi connectivity index (χ3n) is 14.9. The van der Waals surface area contributed by atoms with Crippen LogP contribution in [0.5, 0.6) is 17.2 Å². The number of hydrogen-bond acceptors (Lipinski definition) is 11. The molecule has 4 aliphatic heterocycles. The molecular formula is C54H59FN8O7. The number of methoxy groups -OCH3 is 1. The van der Waals surface area contributed by atoms with Crippen LogP contribution in [-0.4, -0.2) is 103 Å². The Morgan fingerprint density at radius 1 is 0.829 bits per heavy atom. The molecule has 5 amide bonds. The fourth-order valence-corrected chi connectivity index (χ4v) is 10.7. The number of carbonyl (C=O) groups is 5. The van der Waals surface area contributed by atoms with E-state index in [1.165, 1.54) is 30.7 Å². The first-order valence-corrected chi connectivity index (χ1v) is 24.6. The van der Waals surface area contributed by atoms with Gasteiger partial charge in [0.25, 0.3) is 0 Å². The summed E-state index contributed by atoms with van der Waals surface area (Å²) in [6.45, 7) is 6.49. The number of ether oxygens (including phenoxy) is 2. The number of anilines is 3. The molecule has 1 aromatic heterocycles. The van der Waals surface area contributed by atoms with Gasteiger partial charge in [-0.1, -0.05) is 24.3 Å². The third kappa shape index (κ3) is 10.3. The molecule has 4 aromatic carbocycles. The SMILES string of the molecule is COc1cc2c(Oc3ccc(NC(=O)C4(C(=O)Nc5ccc(F)cc5)CC4)cc3)ccnc2cc1N1CCC(CN2C[C@@H]3C[C@H]2CN3CCCC(=O)NCc2ccc(C3CCC(=O)NC3=O)cc2)CC1. The zero-order chi connectivity index (χ0) is 48.4. The minimum Gasteiger partial charge on any atom is -0.495 e. The van der Waals surface area contributed by atoms with Crippen LogP contribution in [-0.2, 0) is 30.5 Å². The van der Waals surface area contributed by atoms with E-state index in [0.29, 0.717) is 79.5 Å². The summed E-state index contributed by atoms with van der Waals surface area (Å²) in [6, 6.07) is 27.2. The number of fused-ring (bicyclic) bond motifs is 3. The van der Waals surface area contributed by atoms with E-state index in [1.54, 1.807) is 37.6 Å². The zero-order valence-corrected chi connectivity index (χ0v) is 39.4. The minimum atomic E-state index is -1.17. The fraction of sp³-hybridized carbons (Fsp3) is 0.407. The Bertz CT molecular complexity index is 2760. The highest BCUT2D eigenvalue weighted by Gasteiger charge is 2.56. The molecule has 70 heavy (non-hydrogen) atoms. The van der Waals surface area contributed by atoms with Crippen LogP contribution in [0.2, 0.25) is 0 Å². The highest BCUT2D eigenvalue weighted by molar-refractivity contribution is 6.17. The van der Waals surface area contributed by atoms with Gasteiger partial charge in [0.15, 0.2) is 0 Å². The van der Waals surface area contributed by atoms with E-state index >= 15 is 0 Å². The minimum absolute atomic E-state index is 0.0476. The fourth-order valence-electron chi connectivity index (χ4n) is 10.7. The summed E-state index contributed by atoms with van der Waals surface area (Å²) in [5.41, 5.74) is 3.48. The maximum atomic E-state index is 13.3. The summed E-state index contributed by atoms with van der Waals surface area (Å²) < 4.78 is 25.7. The van der Waals surface area contributed by atoms with Crippen LogP contribution in [0.3, 0.4) is 0 Å². The van der Waals surface area contributed by atoms with Gasteiger partial charge in [0.05, 0.1) is 24.2 Å². The number of nitrogens with zero attached hydrogens (tertiary/aromatic N) is 4. The molecule has 5 aliphatic rings. The van der Waals surface area contributed by atoms with Gasteiger partial charge in [0, 0.05) is 87.2 Å². The Morgan fingerprint density at radius 2 is 1.51 bits per heavy atom. The first kappa shape index (κ1) is 46.8. The monoisotopic (exact) mass is 950 g/mol. The van der Waals surface area contributed by atoms with Gasteiger partial charge in [-0.15, -0.1) is 0 Å². The Labute approximate surface area is 406 Å². The Morgan fingerprint density at radius 3 is 2.17 bits per heavy atom. The Kier molecular flexibility index (Phi) is 13.5. The van der Waals surface area contributed by atoms with E-state index in [4.69, 9.17) is 14.5 Å². The maximum Gasteiger partial charge on any atom is 0.240 e. The predicted octanol–water partition coefficient (Wildman–Crippen LogP) is 7.12. The van der Waals surface area contributed by atoms with Crippen molar-refractivity contribution in [2.24, 2.45) is 11.3 Å². The molecule has 0 radical (unpaired) electrons. The number of hydrogen-bond donors (Lipinski definition) is 4. The van der Waals surface area contributed by atoms with Crippen LogP contribution < -0.4 is 35.6 Å². The van der Waals surface area contributed by atoms with Crippen molar-refractivity contribution >= 4 is 57.5 Å². The van der Waals surface area contributed by atoms with E-state index in [0.717, 1.165) is 92.0 Å². The van der Waals surface area contributed by atoms with Crippen LogP contribution >= 0.6 is 0 Å². The largest absolute Gasteiger partial charge is 0.495 e. The second-order valence-corrected chi connectivity index (χ2v) is 19.5. The van der Waals surface area contributed by atoms with Gasteiger partial charge in [-0.25, -0.2) is 4.39 Å². The standard InChI is InChI=1S/C54H59FN8O7/c1-69-48-28-44-45(56-23-18-47(44)70-42-14-12-39(13-15-42)59-53(68)54(21-22-54)52(67)58-38-10-8-37(55)9-11-38)29-46(48)61-25-19-35(20-26-61)31-63-33-40-27-41(63)32-62(40)24-2-3-49(64)57-30-34-4-6-36(7-5-34)43-16-17-50(65)60-51(43)66/h4-15,18,23,28-29,35,40-41,43H,2-3,16-17,19-22,24-27,30-33H2,1H3,(H,57,64)(H,58,67)(H,59,68)(H,60,65,66)/t40-,41-,43?/m0/s1. The normalized spacial score (nSPS) is 21.1. The van der Waals surface area contributed by atoms with E-state index in [1.807, 2.05) is 36.4 Å². The number of aromatic nitrogens is 1. The number of halogens is 1. The highest BCUT2D eigenvalue weighted by Crippen LogP contribution is 2.48. The second kappa shape index (κ2) is 20.2. The van der Waals surface area contributed by atoms with Gasteiger partial charge in [-0.2, -0.15) is 0 Å². The van der Waals surface area contributed by atoms with Gasteiger partial charge in [0.2, 0.25) is 29.5 Å². The van der Waals surface area contributed by atoms with Crippen molar-refractivity contribution in [2.75, 3.05) is 61.9 Å². The lowest BCUT2D eigenvalue weighted by atomic mass is 9.90. The Hall–Kier alpha value is -6.91. The molecule has 5 aromatic rings. The molecule has 5 fully saturated rings.